The maximum atomic E-state index is 12.8. The molecule has 2 rings (SSSR count). The van der Waals surface area contributed by atoms with E-state index in [-0.39, 0.29) is 12.0 Å². The first-order chi connectivity index (χ1) is 12.7. The van der Waals surface area contributed by atoms with Crippen molar-refractivity contribution in [1.29, 1.82) is 0 Å². The average molecular weight is 377 g/mol. The van der Waals surface area contributed by atoms with E-state index in [2.05, 4.69) is 0 Å². The molecule has 150 valence electrons. The number of rotatable bonds is 4. The molecule has 1 aromatic rings. The van der Waals surface area contributed by atoms with Gasteiger partial charge in [-0.2, -0.15) is 0 Å². The molecule has 7 heteroatoms. The summed E-state index contributed by atoms with van der Waals surface area (Å²) in [5, 5.41) is 0. The Morgan fingerprint density at radius 3 is 2.41 bits per heavy atom. The Balaban J connectivity index is 1.99. The van der Waals surface area contributed by atoms with Gasteiger partial charge in [0.1, 0.15) is 11.4 Å². The lowest BCUT2D eigenvalue weighted by atomic mass is 10.1. The Morgan fingerprint density at radius 1 is 1.11 bits per heavy atom. The van der Waals surface area contributed by atoms with Crippen molar-refractivity contribution in [2.45, 2.75) is 46.1 Å². The van der Waals surface area contributed by atoms with Crippen molar-refractivity contribution in [3.05, 3.63) is 23.8 Å². The maximum absolute atomic E-state index is 12.8. The van der Waals surface area contributed by atoms with E-state index >= 15 is 0 Å². The number of carbonyl (C=O) groups is 2. The van der Waals surface area contributed by atoms with Crippen molar-refractivity contribution in [3.63, 3.8) is 0 Å². The summed E-state index contributed by atoms with van der Waals surface area (Å²) in [6.45, 7) is 10.2. The molecule has 0 unspecified atom stereocenters. The molecule has 1 aromatic carbocycles. The molecule has 0 spiro atoms. The Labute approximate surface area is 161 Å². The second-order valence-corrected chi connectivity index (χ2v) is 7.71. The zero-order valence-electron chi connectivity index (χ0n) is 16.8. The maximum Gasteiger partial charge on any atom is 0.410 e. The fraction of sp³-hybridized carbons (Fsp3) is 0.600. The molecule has 27 heavy (non-hydrogen) atoms. The summed E-state index contributed by atoms with van der Waals surface area (Å²) in [6.07, 6.45) is 1.26. The smallest absolute Gasteiger partial charge is 0.410 e. The molecule has 0 aromatic heterocycles. The lowest BCUT2D eigenvalue weighted by Crippen LogP contribution is -2.40. The monoisotopic (exact) mass is 377 g/mol. The highest BCUT2D eigenvalue weighted by Gasteiger charge is 2.26. The highest BCUT2D eigenvalue weighted by atomic mass is 16.6. The van der Waals surface area contributed by atoms with Gasteiger partial charge in [-0.3, -0.25) is 4.79 Å². The third kappa shape index (κ3) is 6.05. The van der Waals surface area contributed by atoms with Crippen LogP contribution >= 0.6 is 0 Å². The highest BCUT2D eigenvalue weighted by molar-refractivity contribution is 5.95. The fourth-order valence-electron chi connectivity index (χ4n) is 2.84. The number of ether oxygens (including phenoxy) is 2. The Kier molecular flexibility index (Phi) is 6.93. The van der Waals surface area contributed by atoms with Gasteiger partial charge in [0.05, 0.1) is 12.3 Å². The first kappa shape index (κ1) is 20.9. The van der Waals surface area contributed by atoms with Crippen molar-refractivity contribution in [2.75, 3.05) is 38.5 Å². The molecule has 0 radical (unpaired) electrons. The third-order valence-corrected chi connectivity index (χ3v) is 4.15. The van der Waals surface area contributed by atoms with Crippen LogP contribution in [0.2, 0.25) is 0 Å². The summed E-state index contributed by atoms with van der Waals surface area (Å²) >= 11 is 0. The quantitative estimate of drug-likeness (QED) is 0.815. The lowest BCUT2D eigenvalue weighted by Gasteiger charge is -2.26. The minimum Gasteiger partial charge on any atom is -0.491 e. The van der Waals surface area contributed by atoms with Crippen LogP contribution in [0.25, 0.3) is 0 Å². The van der Waals surface area contributed by atoms with Crippen LogP contribution in [0, 0.1) is 0 Å². The molecule has 1 heterocycles. The third-order valence-electron chi connectivity index (χ3n) is 4.15. The normalized spacial score (nSPS) is 15.3. The minimum absolute atomic E-state index is 0.0882. The molecular weight excluding hydrogens is 346 g/mol. The highest BCUT2D eigenvalue weighted by Crippen LogP contribution is 2.24. The van der Waals surface area contributed by atoms with Gasteiger partial charge in [0, 0.05) is 31.7 Å². The lowest BCUT2D eigenvalue weighted by molar-refractivity contribution is 0.0255. The van der Waals surface area contributed by atoms with E-state index in [9.17, 15) is 9.59 Å². The van der Waals surface area contributed by atoms with Gasteiger partial charge in [-0.15, -0.1) is 0 Å². The van der Waals surface area contributed by atoms with Gasteiger partial charge in [-0.25, -0.2) is 4.79 Å². The van der Waals surface area contributed by atoms with Gasteiger partial charge in [0.2, 0.25) is 0 Å². The van der Waals surface area contributed by atoms with Crippen LogP contribution in [0.15, 0.2) is 18.2 Å². The fourth-order valence-corrected chi connectivity index (χ4v) is 2.84. The predicted molar refractivity (Wildman–Crippen MR) is 105 cm³/mol. The van der Waals surface area contributed by atoms with E-state index in [1.807, 2.05) is 27.7 Å². The summed E-state index contributed by atoms with van der Waals surface area (Å²) in [6, 6.07) is 5.13. The first-order valence-corrected chi connectivity index (χ1v) is 9.51. The summed E-state index contributed by atoms with van der Waals surface area (Å²) in [5.41, 5.74) is 6.47. The van der Waals surface area contributed by atoms with Gasteiger partial charge in [-0.05, 0) is 51.8 Å². The molecule has 1 fully saturated rings. The Hall–Kier alpha value is -2.44. The molecule has 0 bridgehead atoms. The molecule has 7 nitrogen and oxygen atoms in total. The molecule has 1 aliphatic rings. The number of benzene rings is 1. The number of carbonyl (C=O) groups excluding carboxylic acids is 2. The molecule has 1 aliphatic heterocycles. The Morgan fingerprint density at radius 2 is 1.78 bits per heavy atom. The number of nitrogen functional groups attached to an aromatic ring is 1. The van der Waals surface area contributed by atoms with Gasteiger partial charge >= 0.3 is 6.09 Å². The molecular formula is C20H31N3O4. The van der Waals surface area contributed by atoms with Crippen LogP contribution in [0.3, 0.4) is 0 Å². The van der Waals surface area contributed by atoms with Crippen LogP contribution in [0.1, 0.15) is 50.9 Å². The van der Waals surface area contributed by atoms with E-state index in [4.69, 9.17) is 15.2 Å². The molecule has 1 saturated heterocycles. The summed E-state index contributed by atoms with van der Waals surface area (Å²) in [7, 11) is 0. The van der Waals surface area contributed by atoms with Gasteiger partial charge in [-0.1, -0.05) is 6.92 Å². The molecule has 0 aliphatic carbocycles. The zero-order chi connectivity index (χ0) is 20.0. The SMILES string of the molecule is CCCOc1ccc(C(=O)N2CCCN(C(=O)OC(C)(C)C)CC2)cc1N. The van der Waals surface area contributed by atoms with Gasteiger partial charge in [0.25, 0.3) is 5.91 Å². The largest absolute Gasteiger partial charge is 0.491 e. The van der Waals surface area contributed by atoms with Crippen molar-refractivity contribution in [3.8, 4) is 5.75 Å². The van der Waals surface area contributed by atoms with Crippen molar-refractivity contribution in [2.24, 2.45) is 0 Å². The van der Waals surface area contributed by atoms with Crippen LogP contribution in [-0.2, 0) is 4.74 Å². The standard InChI is InChI=1S/C20H31N3O4/c1-5-13-26-17-8-7-15(14-16(17)21)18(24)22-9-6-10-23(12-11-22)19(25)27-20(2,3)4/h7-8,14H,5-6,9-13,21H2,1-4H3. The summed E-state index contributed by atoms with van der Waals surface area (Å²) < 4.78 is 11.0. The first-order valence-electron chi connectivity index (χ1n) is 9.51. The van der Waals surface area contributed by atoms with E-state index in [0.29, 0.717) is 56.2 Å². The zero-order valence-corrected chi connectivity index (χ0v) is 16.8. The van der Waals surface area contributed by atoms with E-state index in [1.54, 1.807) is 28.0 Å². The van der Waals surface area contributed by atoms with Crippen molar-refractivity contribution >= 4 is 17.7 Å². The van der Waals surface area contributed by atoms with E-state index < -0.39 is 5.60 Å². The van der Waals surface area contributed by atoms with E-state index in [0.717, 1.165) is 6.42 Å². The minimum atomic E-state index is -0.530. The summed E-state index contributed by atoms with van der Waals surface area (Å²) in [4.78, 5) is 28.5. The molecule has 2 amide bonds. The van der Waals surface area contributed by atoms with Crippen LogP contribution in [0.5, 0.6) is 5.75 Å². The average Bonchev–Trinajstić information content (AvgIpc) is 2.85. The summed E-state index contributed by atoms with van der Waals surface area (Å²) in [5.74, 6) is 0.509. The van der Waals surface area contributed by atoms with Gasteiger partial charge < -0.3 is 25.0 Å². The second-order valence-electron chi connectivity index (χ2n) is 7.71. The number of nitrogens with zero attached hydrogens (tertiary/aromatic N) is 2. The molecule has 0 atom stereocenters. The van der Waals surface area contributed by atoms with Crippen LogP contribution in [-0.4, -0.2) is 60.2 Å². The Bertz CT molecular complexity index is 670. The number of nitrogens with two attached hydrogens (primary N) is 1. The van der Waals surface area contributed by atoms with Crippen LogP contribution < -0.4 is 10.5 Å². The second kappa shape index (κ2) is 8.97. The number of hydrogen-bond acceptors (Lipinski definition) is 5. The predicted octanol–water partition coefficient (Wildman–Crippen LogP) is 3.14. The van der Waals surface area contributed by atoms with Gasteiger partial charge in [0.15, 0.2) is 0 Å². The van der Waals surface area contributed by atoms with Crippen molar-refractivity contribution < 1.29 is 19.1 Å². The number of hydrogen-bond donors (Lipinski definition) is 1. The molecule has 0 saturated carbocycles. The molecule has 2 N–H and O–H groups in total. The number of anilines is 1. The number of amides is 2. The van der Waals surface area contributed by atoms with Crippen molar-refractivity contribution in [1.82, 2.24) is 9.80 Å². The van der Waals surface area contributed by atoms with E-state index in [1.165, 1.54) is 0 Å². The topological polar surface area (TPSA) is 85.1 Å². The van der Waals surface area contributed by atoms with Crippen LogP contribution in [0.4, 0.5) is 10.5 Å².